The number of nitrogens with one attached hydrogen (secondary N) is 1. The summed E-state index contributed by atoms with van der Waals surface area (Å²) in [5.41, 5.74) is 1.85. The maximum atomic E-state index is 12.1. The van der Waals surface area contributed by atoms with E-state index in [1.807, 2.05) is 36.0 Å². The number of amides is 1. The van der Waals surface area contributed by atoms with E-state index in [2.05, 4.69) is 10.2 Å². The first kappa shape index (κ1) is 15.3. The lowest BCUT2D eigenvalue weighted by Crippen LogP contribution is -2.32. The van der Waals surface area contributed by atoms with Crippen LogP contribution in [-0.4, -0.2) is 46.4 Å². The SMILES string of the molecule is O=C(Nc1ccccc1CN1CCSCC1)[C@H]1C[C@H]1[N+](=O)[O-]. The van der Waals surface area contributed by atoms with Gasteiger partial charge in [0.2, 0.25) is 11.9 Å². The van der Waals surface area contributed by atoms with E-state index in [1.54, 1.807) is 0 Å². The predicted octanol–water partition coefficient (Wildman–Crippen LogP) is 1.84. The van der Waals surface area contributed by atoms with Crippen molar-refractivity contribution >= 4 is 23.4 Å². The van der Waals surface area contributed by atoms with E-state index in [0.717, 1.165) is 42.4 Å². The first-order valence-electron chi connectivity index (χ1n) is 7.47. The van der Waals surface area contributed by atoms with Crippen molar-refractivity contribution in [2.45, 2.75) is 19.0 Å². The summed E-state index contributed by atoms with van der Waals surface area (Å²) in [6.07, 6.45) is 0.352. The van der Waals surface area contributed by atoms with Crippen LogP contribution >= 0.6 is 11.8 Å². The van der Waals surface area contributed by atoms with Gasteiger partial charge in [-0.05, 0) is 11.6 Å². The number of carbonyl (C=O) groups is 1. The molecular weight excluding hydrogens is 302 g/mol. The van der Waals surface area contributed by atoms with E-state index in [0.29, 0.717) is 6.42 Å². The minimum atomic E-state index is -0.703. The molecule has 1 N–H and O–H groups in total. The summed E-state index contributed by atoms with van der Waals surface area (Å²) in [5.74, 6) is 1.57. The third kappa shape index (κ3) is 3.59. The molecule has 0 unspecified atom stereocenters. The normalized spacial score (nSPS) is 24.7. The lowest BCUT2D eigenvalue weighted by Gasteiger charge is -2.27. The van der Waals surface area contributed by atoms with Crippen LogP contribution in [0.25, 0.3) is 0 Å². The minimum absolute atomic E-state index is 0.233. The number of hydrogen-bond acceptors (Lipinski definition) is 5. The highest BCUT2D eigenvalue weighted by Crippen LogP contribution is 2.34. The highest BCUT2D eigenvalue weighted by atomic mass is 32.2. The Hall–Kier alpha value is -1.60. The highest BCUT2D eigenvalue weighted by Gasteiger charge is 2.53. The van der Waals surface area contributed by atoms with Crippen molar-refractivity contribution in [3.05, 3.63) is 39.9 Å². The van der Waals surface area contributed by atoms with Crippen LogP contribution in [0.15, 0.2) is 24.3 Å². The van der Waals surface area contributed by atoms with Gasteiger partial charge in [0.15, 0.2) is 0 Å². The fourth-order valence-electron chi connectivity index (χ4n) is 2.70. The number of hydrogen-bond donors (Lipinski definition) is 1. The standard InChI is InChI=1S/C15H19N3O3S/c19-15(12-9-14(12)18(20)21)16-13-4-2-1-3-11(13)10-17-5-7-22-8-6-17/h1-4,12,14H,5-10H2,(H,16,19)/t12-,14+/m0/s1. The lowest BCUT2D eigenvalue weighted by molar-refractivity contribution is -0.497. The van der Waals surface area contributed by atoms with E-state index in [4.69, 9.17) is 0 Å². The van der Waals surface area contributed by atoms with Gasteiger partial charge in [-0.15, -0.1) is 0 Å². The molecule has 0 spiro atoms. The van der Waals surface area contributed by atoms with Crippen molar-refractivity contribution < 1.29 is 9.72 Å². The van der Waals surface area contributed by atoms with Crippen molar-refractivity contribution in [3.8, 4) is 0 Å². The maximum Gasteiger partial charge on any atom is 0.234 e. The Morgan fingerprint density at radius 1 is 1.36 bits per heavy atom. The summed E-state index contributed by atoms with van der Waals surface area (Å²) in [7, 11) is 0. The predicted molar refractivity (Wildman–Crippen MR) is 86.6 cm³/mol. The topological polar surface area (TPSA) is 75.5 Å². The molecule has 1 amide bonds. The molecule has 2 aliphatic rings. The molecule has 2 fully saturated rings. The number of anilines is 1. The molecule has 1 aromatic carbocycles. The molecular formula is C15H19N3O3S. The van der Waals surface area contributed by atoms with Crippen molar-refractivity contribution in [2.75, 3.05) is 29.9 Å². The van der Waals surface area contributed by atoms with Crippen LogP contribution in [0.1, 0.15) is 12.0 Å². The molecule has 7 heteroatoms. The Morgan fingerprint density at radius 3 is 2.77 bits per heavy atom. The quantitative estimate of drug-likeness (QED) is 0.661. The number of nitro groups is 1. The molecule has 3 rings (SSSR count). The third-order valence-corrected chi connectivity index (χ3v) is 5.08. The van der Waals surface area contributed by atoms with Crippen molar-refractivity contribution in [2.24, 2.45) is 5.92 Å². The van der Waals surface area contributed by atoms with Crippen LogP contribution in [-0.2, 0) is 11.3 Å². The van der Waals surface area contributed by atoms with Crippen LogP contribution in [0.3, 0.4) is 0 Å². The summed E-state index contributed by atoms with van der Waals surface area (Å²) in [6.45, 7) is 2.91. The van der Waals surface area contributed by atoms with Crippen molar-refractivity contribution in [3.63, 3.8) is 0 Å². The number of rotatable bonds is 5. The van der Waals surface area contributed by atoms with Gasteiger partial charge in [-0.25, -0.2) is 0 Å². The highest BCUT2D eigenvalue weighted by molar-refractivity contribution is 7.99. The summed E-state index contributed by atoms with van der Waals surface area (Å²) in [4.78, 5) is 24.8. The first-order chi connectivity index (χ1) is 10.6. The minimum Gasteiger partial charge on any atom is -0.325 e. The molecule has 1 aromatic rings. The Balaban J connectivity index is 1.63. The Morgan fingerprint density at radius 2 is 2.09 bits per heavy atom. The molecule has 6 nitrogen and oxygen atoms in total. The van der Waals surface area contributed by atoms with E-state index >= 15 is 0 Å². The number of carbonyl (C=O) groups excluding carboxylic acids is 1. The van der Waals surface area contributed by atoms with Gasteiger partial charge in [0.25, 0.3) is 0 Å². The Labute approximate surface area is 133 Å². The zero-order valence-electron chi connectivity index (χ0n) is 12.2. The van der Waals surface area contributed by atoms with E-state index in [-0.39, 0.29) is 10.8 Å². The van der Waals surface area contributed by atoms with Gasteiger partial charge >= 0.3 is 0 Å². The van der Waals surface area contributed by atoms with E-state index < -0.39 is 12.0 Å². The molecule has 22 heavy (non-hydrogen) atoms. The molecule has 1 saturated heterocycles. The van der Waals surface area contributed by atoms with Gasteiger partial charge in [0.1, 0.15) is 5.92 Å². The van der Waals surface area contributed by atoms with Crippen LogP contribution < -0.4 is 5.32 Å². The van der Waals surface area contributed by atoms with Gasteiger partial charge in [0, 0.05) is 48.2 Å². The number of benzene rings is 1. The molecule has 0 radical (unpaired) electrons. The van der Waals surface area contributed by atoms with Gasteiger partial charge in [-0.1, -0.05) is 18.2 Å². The number of nitrogens with zero attached hydrogens (tertiary/aromatic N) is 2. The van der Waals surface area contributed by atoms with Gasteiger partial charge in [-0.3, -0.25) is 19.8 Å². The first-order valence-corrected chi connectivity index (χ1v) is 8.63. The molecule has 1 saturated carbocycles. The Kier molecular flexibility index (Phi) is 4.63. The third-order valence-electron chi connectivity index (χ3n) is 4.14. The average molecular weight is 321 g/mol. The van der Waals surface area contributed by atoms with Crippen LogP contribution in [0, 0.1) is 16.0 Å². The molecule has 0 aromatic heterocycles. The molecule has 2 atom stereocenters. The zero-order chi connectivity index (χ0) is 15.5. The molecule has 0 bridgehead atoms. The van der Waals surface area contributed by atoms with E-state index in [1.165, 1.54) is 0 Å². The van der Waals surface area contributed by atoms with Gasteiger partial charge in [0.05, 0.1) is 0 Å². The van der Waals surface area contributed by atoms with Crippen molar-refractivity contribution in [1.29, 1.82) is 0 Å². The van der Waals surface area contributed by atoms with Crippen LogP contribution in [0.5, 0.6) is 0 Å². The zero-order valence-corrected chi connectivity index (χ0v) is 13.1. The van der Waals surface area contributed by atoms with Gasteiger partial charge < -0.3 is 5.32 Å². The summed E-state index contributed by atoms with van der Waals surface area (Å²) >= 11 is 1.96. The average Bonchev–Trinajstić information content (AvgIpc) is 3.31. The van der Waals surface area contributed by atoms with Crippen molar-refractivity contribution in [1.82, 2.24) is 4.90 Å². The fourth-order valence-corrected chi connectivity index (χ4v) is 3.68. The second kappa shape index (κ2) is 6.66. The fraction of sp³-hybridized carbons (Fsp3) is 0.533. The van der Waals surface area contributed by atoms with Crippen LogP contribution in [0.2, 0.25) is 0 Å². The summed E-state index contributed by atoms with van der Waals surface area (Å²) in [6, 6.07) is 7.01. The molecule has 118 valence electrons. The summed E-state index contributed by atoms with van der Waals surface area (Å²) < 4.78 is 0. The molecule has 1 heterocycles. The molecule has 1 aliphatic carbocycles. The van der Waals surface area contributed by atoms with Gasteiger partial charge in [-0.2, -0.15) is 11.8 Å². The second-order valence-corrected chi connectivity index (χ2v) is 6.95. The summed E-state index contributed by atoms with van der Waals surface area (Å²) in [5, 5.41) is 13.5. The largest absolute Gasteiger partial charge is 0.325 e. The lowest BCUT2D eigenvalue weighted by atomic mass is 10.1. The number of thioether (sulfide) groups is 1. The monoisotopic (exact) mass is 321 g/mol. The smallest absolute Gasteiger partial charge is 0.234 e. The Bertz CT molecular complexity index is 575. The molecule has 1 aliphatic heterocycles. The van der Waals surface area contributed by atoms with Crippen LogP contribution in [0.4, 0.5) is 5.69 Å². The van der Waals surface area contributed by atoms with E-state index in [9.17, 15) is 14.9 Å². The maximum absolute atomic E-state index is 12.1. The number of para-hydroxylation sites is 1. The second-order valence-electron chi connectivity index (χ2n) is 5.73.